The van der Waals surface area contributed by atoms with E-state index in [2.05, 4.69) is 14.3 Å². The minimum absolute atomic E-state index is 0. The molecular weight excluding hydrogens is 244 g/mol. The third-order valence-corrected chi connectivity index (χ3v) is 2.90. The van der Waals surface area contributed by atoms with Crippen molar-refractivity contribution in [2.24, 2.45) is 5.73 Å². The van der Waals surface area contributed by atoms with Gasteiger partial charge < -0.3 is 5.73 Å². The Hall–Kier alpha value is -1.04. The highest BCUT2D eigenvalue weighted by Gasteiger charge is 2.09. The Balaban J connectivity index is 0.00000128. The number of rotatable bonds is 2. The zero-order chi connectivity index (χ0) is 10.8. The summed E-state index contributed by atoms with van der Waals surface area (Å²) in [4.78, 5) is 8.51. The Morgan fingerprint density at radius 3 is 2.75 bits per heavy atom. The minimum Gasteiger partial charge on any atom is -0.322 e. The Bertz CT molecular complexity index is 469. The van der Waals surface area contributed by atoms with Gasteiger partial charge in [0.2, 0.25) is 0 Å². The van der Waals surface area contributed by atoms with Gasteiger partial charge in [-0.2, -0.15) is 4.37 Å². The van der Waals surface area contributed by atoms with Crippen molar-refractivity contribution in [3.8, 4) is 11.4 Å². The average Bonchev–Trinajstić information content (AvgIpc) is 2.66. The number of hydrogen-bond acceptors (Lipinski definition) is 5. The van der Waals surface area contributed by atoms with Crippen LogP contribution in [0.3, 0.4) is 0 Å². The molecule has 0 bridgehead atoms. The molecule has 2 heterocycles. The highest BCUT2D eigenvalue weighted by Crippen LogP contribution is 2.20. The van der Waals surface area contributed by atoms with Crippen LogP contribution in [0.4, 0.5) is 0 Å². The first-order valence-electron chi connectivity index (χ1n) is 4.69. The maximum absolute atomic E-state index is 5.73. The molecule has 16 heavy (non-hydrogen) atoms. The Morgan fingerprint density at radius 2 is 2.19 bits per heavy atom. The van der Waals surface area contributed by atoms with Crippen molar-refractivity contribution in [3.05, 3.63) is 29.0 Å². The molecule has 0 aliphatic rings. The van der Waals surface area contributed by atoms with E-state index in [0.29, 0.717) is 0 Å². The smallest absolute Gasteiger partial charge is 0.173 e. The first kappa shape index (κ1) is 13.0. The molecule has 2 N–H and O–H groups in total. The summed E-state index contributed by atoms with van der Waals surface area (Å²) in [5, 5.41) is 0.861. The van der Waals surface area contributed by atoms with E-state index in [1.54, 1.807) is 6.20 Å². The normalized spacial score (nSPS) is 11.9. The lowest BCUT2D eigenvalue weighted by Gasteiger charge is -1.97. The number of aromatic nitrogens is 3. The maximum atomic E-state index is 5.73. The van der Waals surface area contributed by atoms with E-state index in [-0.39, 0.29) is 18.4 Å². The number of nitrogens with zero attached hydrogens (tertiary/aromatic N) is 3. The van der Waals surface area contributed by atoms with Crippen molar-refractivity contribution in [3.63, 3.8) is 0 Å². The first-order valence-corrected chi connectivity index (χ1v) is 5.46. The van der Waals surface area contributed by atoms with Crippen LogP contribution in [-0.4, -0.2) is 14.3 Å². The highest BCUT2D eigenvalue weighted by atomic mass is 35.5. The van der Waals surface area contributed by atoms with Crippen LogP contribution in [-0.2, 0) is 0 Å². The molecule has 0 saturated carbocycles. The van der Waals surface area contributed by atoms with Crippen molar-refractivity contribution in [1.82, 2.24) is 14.3 Å². The topological polar surface area (TPSA) is 64.7 Å². The molecule has 0 fully saturated rings. The summed E-state index contributed by atoms with van der Waals surface area (Å²) >= 11 is 1.35. The maximum Gasteiger partial charge on any atom is 0.173 e. The second-order valence-corrected chi connectivity index (χ2v) is 4.21. The van der Waals surface area contributed by atoms with Crippen molar-refractivity contribution < 1.29 is 0 Å². The summed E-state index contributed by atoms with van der Waals surface area (Å²) in [5.41, 5.74) is 7.68. The Morgan fingerprint density at radius 1 is 1.44 bits per heavy atom. The van der Waals surface area contributed by atoms with Gasteiger partial charge in [0.25, 0.3) is 0 Å². The molecular formula is C10H13ClN4S. The van der Waals surface area contributed by atoms with E-state index in [1.807, 2.05) is 26.0 Å². The molecule has 2 aromatic rings. The van der Waals surface area contributed by atoms with E-state index in [9.17, 15) is 0 Å². The van der Waals surface area contributed by atoms with Crippen LogP contribution in [0.5, 0.6) is 0 Å². The number of aryl methyl sites for hydroxylation is 1. The largest absolute Gasteiger partial charge is 0.322 e. The van der Waals surface area contributed by atoms with Gasteiger partial charge in [0.05, 0.1) is 6.04 Å². The molecule has 0 aliphatic heterocycles. The number of halogens is 1. The Kier molecular flexibility index (Phi) is 4.35. The molecule has 0 radical (unpaired) electrons. The molecule has 2 rings (SSSR count). The van der Waals surface area contributed by atoms with E-state index >= 15 is 0 Å². The number of hydrogen-bond donors (Lipinski definition) is 1. The molecule has 6 heteroatoms. The summed E-state index contributed by atoms with van der Waals surface area (Å²) in [7, 11) is 0. The molecule has 1 atom stereocenters. The predicted octanol–water partition coefficient (Wildman–Crippen LogP) is 2.35. The fourth-order valence-electron chi connectivity index (χ4n) is 1.22. The summed E-state index contributed by atoms with van der Waals surface area (Å²) in [6.45, 7) is 3.85. The number of pyridine rings is 1. The predicted molar refractivity (Wildman–Crippen MR) is 67.7 cm³/mol. The fourth-order valence-corrected chi connectivity index (χ4v) is 1.84. The molecule has 0 aromatic carbocycles. The quantitative estimate of drug-likeness (QED) is 0.896. The van der Waals surface area contributed by atoms with Gasteiger partial charge in [0.15, 0.2) is 5.82 Å². The van der Waals surface area contributed by atoms with Crippen LogP contribution >= 0.6 is 23.9 Å². The summed E-state index contributed by atoms with van der Waals surface area (Å²) < 4.78 is 4.27. The number of nitrogens with two attached hydrogens (primary N) is 1. The molecule has 4 nitrogen and oxygen atoms in total. The summed E-state index contributed by atoms with van der Waals surface area (Å²) in [5.74, 6) is 0.734. The van der Waals surface area contributed by atoms with Gasteiger partial charge in [-0.05, 0) is 37.5 Å². The van der Waals surface area contributed by atoms with E-state index < -0.39 is 0 Å². The highest BCUT2D eigenvalue weighted by molar-refractivity contribution is 7.05. The Labute approximate surface area is 105 Å². The van der Waals surface area contributed by atoms with Crippen LogP contribution < -0.4 is 5.73 Å². The molecule has 0 aliphatic carbocycles. The molecule has 0 unspecified atom stereocenters. The molecule has 0 saturated heterocycles. The fraction of sp³-hybridized carbons (Fsp3) is 0.300. The van der Waals surface area contributed by atoms with Gasteiger partial charge in [0.1, 0.15) is 5.01 Å². The van der Waals surface area contributed by atoms with Crippen LogP contribution in [0.15, 0.2) is 18.3 Å². The van der Waals surface area contributed by atoms with Gasteiger partial charge in [-0.15, -0.1) is 12.4 Å². The van der Waals surface area contributed by atoms with Crippen molar-refractivity contribution in [1.29, 1.82) is 0 Å². The standard InChI is InChI=1S/C10H12N4S.ClH/c1-6-5-8(3-4-12-6)9-13-10(7(2)11)15-14-9;/h3-5,7H,11H2,1-2H3;1H/t7-;/m0./s1. The second-order valence-electron chi connectivity index (χ2n) is 3.43. The van der Waals surface area contributed by atoms with Crippen molar-refractivity contribution in [2.75, 3.05) is 0 Å². The van der Waals surface area contributed by atoms with Crippen molar-refractivity contribution >= 4 is 23.9 Å². The molecule has 0 amide bonds. The lowest BCUT2D eigenvalue weighted by atomic mass is 10.2. The summed E-state index contributed by atoms with van der Waals surface area (Å²) in [6.07, 6.45) is 1.76. The lowest BCUT2D eigenvalue weighted by molar-refractivity contribution is 0.807. The van der Waals surface area contributed by atoms with Crippen LogP contribution in [0.1, 0.15) is 23.7 Å². The molecule has 86 valence electrons. The van der Waals surface area contributed by atoms with Crippen molar-refractivity contribution in [2.45, 2.75) is 19.9 Å². The van der Waals surface area contributed by atoms with Gasteiger partial charge >= 0.3 is 0 Å². The van der Waals surface area contributed by atoms with Crippen LogP contribution in [0.2, 0.25) is 0 Å². The van der Waals surface area contributed by atoms with Crippen LogP contribution in [0.25, 0.3) is 11.4 Å². The monoisotopic (exact) mass is 256 g/mol. The van der Waals surface area contributed by atoms with Gasteiger partial charge in [-0.25, -0.2) is 4.98 Å². The minimum atomic E-state index is -0.0563. The molecule has 2 aromatic heterocycles. The van der Waals surface area contributed by atoms with E-state index in [4.69, 9.17) is 5.73 Å². The lowest BCUT2D eigenvalue weighted by Crippen LogP contribution is -2.03. The average molecular weight is 257 g/mol. The zero-order valence-corrected chi connectivity index (χ0v) is 10.7. The van der Waals surface area contributed by atoms with E-state index in [0.717, 1.165) is 22.1 Å². The first-order chi connectivity index (χ1) is 7.16. The second kappa shape index (κ2) is 5.34. The zero-order valence-electron chi connectivity index (χ0n) is 9.04. The van der Waals surface area contributed by atoms with E-state index in [1.165, 1.54) is 11.5 Å². The SMILES string of the molecule is Cc1cc(-c2nsc([C@H](C)N)n2)ccn1.Cl. The third-order valence-electron chi connectivity index (χ3n) is 1.99. The summed E-state index contributed by atoms with van der Waals surface area (Å²) in [6, 6.07) is 3.81. The van der Waals surface area contributed by atoms with Gasteiger partial charge in [0, 0.05) is 17.5 Å². The van der Waals surface area contributed by atoms with Gasteiger partial charge in [-0.3, -0.25) is 4.98 Å². The van der Waals surface area contributed by atoms with Gasteiger partial charge in [-0.1, -0.05) is 0 Å². The third kappa shape index (κ3) is 2.75. The van der Waals surface area contributed by atoms with Crippen LogP contribution in [0, 0.1) is 6.92 Å². The molecule has 0 spiro atoms.